The molecular weight excluding hydrogens is 436 g/mol. The van der Waals surface area contributed by atoms with Crippen LogP contribution in [0.4, 0.5) is 0 Å². The fourth-order valence-electron chi connectivity index (χ4n) is 4.07. The summed E-state index contributed by atoms with van der Waals surface area (Å²) in [6, 6.07) is 14.4. The minimum absolute atomic E-state index is 0.181. The van der Waals surface area contributed by atoms with E-state index in [-0.39, 0.29) is 24.0 Å². The molecule has 9 nitrogen and oxygen atoms in total. The molecule has 2 aromatic carbocycles. The average molecular weight is 467 g/mol. The number of phenols is 1. The van der Waals surface area contributed by atoms with Crippen molar-refractivity contribution in [3.05, 3.63) is 65.7 Å². The number of hydrogen-bond donors (Lipinski definition) is 4. The summed E-state index contributed by atoms with van der Waals surface area (Å²) in [5.74, 6) is -1.84. The molecule has 1 heterocycles. The van der Waals surface area contributed by atoms with Gasteiger partial charge in [0.2, 0.25) is 23.6 Å². The molecule has 2 aromatic rings. The normalized spacial score (nSPS) is 16.0. The Labute approximate surface area is 198 Å². The monoisotopic (exact) mass is 466 g/mol. The van der Waals surface area contributed by atoms with Crippen molar-refractivity contribution in [1.82, 2.24) is 15.5 Å². The number of nitrogens with zero attached hydrogens (tertiary/aromatic N) is 1. The van der Waals surface area contributed by atoms with Crippen molar-refractivity contribution >= 4 is 23.6 Å². The van der Waals surface area contributed by atoms with Crippen LogP contribution in [0.15, 0.2) is 54.6 Å². The number of nitrogens with two attached hydrogens (primary N) is 1. The molecule has 1 aliphatic rings. The number of likely N-dealkylation sites (tertiary alicyclic amines) is 1. The molecule has 0 spiro atoms. The topological polar surface area (TPSA) is 142 Å². The SMILES string of the molecule is NC(=O)CC(=O)N[C@@H](Cc1ccccc1)C(=O)N1CCC[C@H]1C(=O)NCCc1ccc(O)cc1. The van der Waals surface area contributed by atoms with Crippen LogP contribution in [-0.4, -0.2) is 58.8 Å². The van der Waals surface area contributed by atoms with Gasteiger partial charge in [-0.2, -0.15) is 0 Å². The summed E-state index contributed by atoms with van der Waals surface area (Å²) < 4.78 is 0. The number of aromatic hydroxyl groups is 1. The van der Waals surface area contributed by atoms with E-state index in [4.69, 9.17) is 5.73 Å². The maximum absolute atomic E-state index is 13.4. The molecule has 0 bridgehead atoms. The second-order valence-electron chi connectivity index (χ2n) is 8.35. The van der Waals surface area contributed by atoms with Crippen molar-refractivity contribution in [3.8, 4) is 5.75 Å². The van der Waals surface area contributed by atoms with Crippen LogP contribution in [0.25, 0.3) is 0 Å². The number of benzene rings is 2. The van der Waals surface area contributed by atoms with Crippen LogP contribution in [0.2, 0.25) is 0 Å². The number of primary amides is 1. The van der Waals surface area contributed by atoms with Gasteiger partial charge < -0.3 is 26.4 Å². The number of phenolic OH excluding ortho intramolecular Hbond substituents is 1. The first kappa shape index (κ1) is 24.8. The Morgan fingerprint density at radius 2 is 1.74 bits per heavy atom. The molecule has 2 atom stereocenters. The lowest BCUT2D eigenvalue weighted by atomic mass is 10.0. The molecule has 180 valence electrons. The Morgan fingerprint density at radius 3 is 2.41 bits per heavy atom. The van der Waals surface area contributed by atoms with Gasteiger partial charge in [0.25, 0.3) is 0 Å². The number of nitrogens with one attached hydrogen (secondary N) is 2. The standard InChI is InChI=1S/C25H30N4O5/c26-22(31)16-23(32)28-20(15-18-5-2-1-3-6-18)25(34)29-14-4-7-21(29)24(33)27-13-12-17-8-10-19(30)11-9-17/h1-3,5-6,8-11,20-21,30H,4,7,12-16H2,(H2,26,31)(H,27,33)(H,28,32)/t20-,21-/m0/s1. The average Bonchev–Trinajstić information content (AvgIpc) is 3.30. The lowest BCUT2D eigenvalue weighted by Crippen LogP contribution is -2.54. The summed E-state index contributed by atoms with van der Waals surface area (Å²) >= 11 is 0. The van der Waals surface area contributed by atoms with Crippen LogP contribution in [0.3, 0.4) is 0 Å². The number of carbonyl (C=O) groups excluding carboxylic acids is 4. The molecule has 0 saturated carbocycles. The Hall–Kier alpha value is -3.88. The van der Waals surface area contributed by atoms with E-state index in [0.29, 0.717) is 32.4 Å². The van der Waals surface area contributed by atoms with Gasteiger partial charge in [0.1, 0.15) is 24.3 Å². The van der Waals surface area contributed by atoms with E-state index in [1.165, 1.54) is 4.90 Å². The van der Waals surface area contributed by atoms with Crippen molar-refractivity contribution in [2.45, 2.75) is 44.2 Å². The Bertz CT molecular complexity index is 1010. The molecule has 0 unspecified atom stereocenters. The lowest BCUT2D eigenvalue weighted by molar-refractivity contribution is -0.141. The third-order valence-corrected chi connectivity index (χ3v) is 5.74. The van der Waals surface area contributed by atoms with Crippen LogP contribution in [-0.2, 0) is 32.0 Å². The van der Waals surface area contributed by atoms with Gasteiger partial charge in [0, 0.05) is 19.5 Å². The molecule has 0 radical (unpaired) electrons. The first-order valence-corrected chi connectivity index (χ1v) is 11.3. The van der Waals surface area contributed by atoms with E-state index < -0.39 is 30.3 Å². The highest BCUT2D eigenvalue weighted by Crippen LogP contribution is 2.20. The van der Waals surface area contributed by atoms with Gasteiger partial charge in [0.15, 0.2) is 0 Å². The zero-order valence-electron chi connectivity index (χ0n) is 18.9. The molecule has 3 rings (SSSR count). The molecule has 5 N–H and O–H groups in total. The third kappa shape index (κ3) is 7.06. The fourth-order valence-corrected chi connectivity index (χ4v) is 4.07. The minimum Gasteiger partial charge on any atom is -0.508 e. The van der Waals surface area contributed by atoms with Gasteiger partial charge in [-0.1, -0.05) is 42.5 Å². The highest BCUT2D eigenvalue weighted by atomic mass is 16.3. The largest absolute Gasteiger partial charge is 0.508 e. The number of amides is 4. The van der Waals surface area contributed by atoms with Crippen molar-refractivity contribution < 1.29 is 24.3 Å². The van der Waals surface area contributed by atoms with Crippen molar-refractivity contribution in [3.63, 3.8) is 0 Å². The second kappa shape index (κ2) is 11.8. The summed E-state index contributed by atoms with van der Waals surface area (Å²) in [6.07, 6.45) is 1.52. The van der Waals surface area contributed by atoms with Crippen LogP contribution in [0.5, 0.6) is 5.75 Å². The third-order valence-electron chi connectivity index (χ3n) is 5.74. The molecule has 34 heavy (non-hydrogen) atoms. The van der Waals surface area contributed by atoms with Gasteiger partial charge in [-0.15, -0.1) is 0 Å². The number of rotatable bonds is 10. The summed E-state index contributed by atoms with van der Waals surface area (Å²) in [7, 11) is 0. The van der Waals surface area contributed by atoms with Gasteiger partial charge in [-0.25, -0.2) is 0 Å². The maximum atomic E-state index is 13.4. The zero-order chi connectivity index (χ0) is 24.5. The van der Waals surface area contributed by atoms with Crippen molar-refractivity contribution in [1.29, 1.82) is 0 Å². The fraction of sp³-hybridized carbons (Fsp3) is 0.360. The molecule has 0 aromatic heterocycles. The molecule has 1 fully saturated rings. The molecule has 1 saturated heterocycles. The van der Waals surface area contributed by atoms with E-state index in [1.54, 1.807) is 24.3 Å². The van der Waals surface area contributed by atoms with Crippen LogP contribution in [0, 0.1) is 0 Å². The summed E-state index contributed by atoms with van der Waals surface area (Å²) in [5, 5.41) is 14.9. The first-order valence-electron chi connectivity index (χ1n) is 11.3. The van der Waals surface area contributed by atoms with Gasteiger partial charge in [-0.05, 0) is 42.5 Å². The highest BCUT2D eigenvalue weighted by Gasteiger charge is 2.37. The first-order chi connectivity index (χ1) is 16.3. The van der Waals surface area contributed by atoms with Crippen LogP contribution < -0.4 is 16.4 Å². The Kier molecular flexibility index (Phi) is 8.61. The summed E-state index contributed by atoms with van der Waals surface area (Å²) in [6.45, 7) is 0.802. The van der Waals surface area contributed by atoms with Gasteiger partial charge >= 0.3 is 0 Å². The highest BCUT2D eigenvalue weighted by molar-refractivity contribution is 5.99. The molecular formula is C25H30N4O5. The predicted molar refractivity (Wildman–Crippen MR) is 125 cm³/mol. The Balaban J connectivity index is 1.64. The number of carbonyl (C=O) groups is 4. The lowest BCUT2D eigenvalue weighted by Gasteiger charge is -2.29. The van der Waals surface area contributed by atoms with Crippen LogP contribution >= 0.6 is 0 Å². The predicted octanol–water partition coefficient (Wildman–Crippen LogP) is 0.645. The van der Waals surface area contributed by atoms with E-state index in [9.17, 15) is 24.3 Å². The van der Waals surface area contributed by atoms with Crippen molar-refractivity contribution in [2.24, 2.45) is 5.73 Å². The zero-order valence-corrected chi connectivity index (χ0v) is 18.9. The minimum atomic E-state index is -0.917. The van der Waals surface area contributed by atoms with Gasteiger partial charge in [-0.3, -0.25) is 19.2 Å². The molecule has 9 heteroatoms. The smallest absolute Gasteiger partial charge is 0.246 e. The molecule has 1 aliphatic heterocycles. The van der Waals surface area contributed by atoms with E-state index >= 15 is 0 Å². The van der Waals surface area contributed by atoms with E-state index in [0.717, 1.165) is 11.1 Å². The van der Waals surface area contributed by atoms with E-state index in [1.807, 2.05) is 30.3 Å². The Morgan fingerprint density at radius 1 is 1.03 bits per heavy atom. The molecule has 4 amide bonds. The number of hydrogen-bond acceptors (Lipinski definition) is 5. The quantitative estimate of drug-likeness (QED) is 0.380. The molecule has 0 aliphatic carbocycles. The summed E-state index contributed by atoms with van der Waals surface area (Å²) in [5.41, 5.74) is 6.93. The van der Waals surface area contributed by atoms with Crippen molar-refractivity contribution in [2.75, 3.05) is 13.1 Å². The van der Waals surface area contributed by atoms with Crippen LogP contribution in [0.1, 0.15) is 30.4 Å². The second-order valence-corrected chi connectivity index (χ2v) is 8.35. The van der Waals surface area contributed by atoms with Gasteiger partial charge in [0.05, 0.1) is 0 Å². The summed E-state index contributed by atoms with van der Waals surface area (Å²) in [4.78, 5) is 51.1. The maximum Gasteiger partial charge on any atom is 0.246 e. The van der Waals surface area contributed by atoms with E-state index in [2.05, 4.69) is 10.6 Å².